The van der Waals surface area contributed by atoms with E-state index in [1.165, 1.54) is 26.4 Å². The van der Waals surface area contributed by atoms with E-state index in [2.05, 4.69) is 4.98 Å². The van der Waals surface area contributed by atoms with Crippen molar-refractivity contribution in [2.45, 2.75) is 6.43 Å². The number of alkyl halides is 2. The molecule has 1 heterocycles. The van der Waals surface area contributed by atoms with E-state index in [9.17, 15) is 13.6 Å². The maximum Gasteiger partial charge on any atom is 0.295 e. The number of nitrogens with zero attached hydrogens (tertiary/aromatic N) is 1. The van der Waals surface area contributed by atoms with Crippen molar-refractivity contribution >= 4 is 10.9 Å². The second kappa shape index (κ2) is 4.59. The molecule has 96 valence electrons. The molecule has 2 rings (SSSR count). The number of hydrogen-bond donors (Lipinski definition) is 1. The third-order valence-electron chi connectivity index (χ3n) is 2.44. The van der Waals surface area contributed by atoms with Crippen LogP contribution in [-0.4, -0.2) is 24.2 Å². The Morgan fingerprint density at radius 1 is 1.22 bits per heavy atom. The molecule has 0 bridgehead atoms. The number of aromatic nitrogens is 2. The number of ether oxygens (including phenoxy) is 2. The van der Waals surface area contributed by atoms with Gasteiger partial charge in [0.2, 0.25) is 0 Å². The van der Waals surface area contributed by atoms with Gasteiger partial charge in [-0.3, -0.25) is 4.79 Å². The van der Waals surface area contributed by atoms with E-state index in [1.54, 1.807) is 0 Å². The highest BCUT2D eigenvalue weighted by Crippen LogP contribution is 2.30. The van der Waals surface area contributed by atoms with Gasteiger partial charge in [-0.15, -0.1) is 0 Å². The molecule has 0 unspecified atom stereocenters. The summed E-state index contributed by atoms with van der Waals surface area (Å²) < 4.78 is 35.1. The Hall–Kier alpha value is -2.18. The van der Waals surface area contributed by atoms with Crippen LogP contribution in [-0.2, 0) is 0 Å². The summed E-state index contributed by atoms with van der Waals surface area (Å²) in [7, 11) is 2.82. The topological polar surface area (TPSA) is 64.2 Å². The van der Waals surface area contributed by atoms with Crippen molar-refractivity contribution in [3.63, 3.8) is 0 Å². The van der Waals surface area contributed by atoms with E-state index in [0.29, 0.717) is 11.5 Å². The molecule has 5 nitrogen and oxygen atoms in total. The maximum atomic E-state index is 12.5. The first kappa shape index (κ1) is 12.3. The minimum absolute atomic E-state index is 0.131. The lowest BCUT2D eigenvalue weighted by Crippen LogP contribution is -2.12. The lowest BCUT2D eigenvalue weighted by molar-refractivity contribution is 0.140. The molecule has 0 amide bonds. The minimum atomic E-state index is -2.84. The number of fused-ring (bicyclic) bond motifs is 1. The lowest BCUT2D eigenvalue weighted by Gasteiger charge is -2.09. The van der Waals surface area contributed by atoms with Crippen molar-refractivity contribution in [2.24, 2.45) is 0 Å². The van der Waals surface area contributed by atoms with Crippen LogP contribution in [0.4, 0.5) is 8.78 Å². The van der Waals surface area contributed by atoms with Gasteiger partial charge in [-0.2, -0.15) is 0 Å². The van der Waals surface area contributed by atoms with Gasteiger partial charge in [0, 0.05) is 6.07 Å². The molecule has 0 aliphatic rings. The number of H-pyrrole nitrogens is 1. The molecule has 2 aromatic rings. The molecule has 0 saturated carbocycles. The molecular weight excluding hydrogens is 246 g/mol. The van der Waals surface area contributed by atoms with Gasteiger partial charge >= 0.3 is 0 Å². The fourth-order valence-corrected chi connectivity index (χ4v) is 1.59. The summed E-state index contributed by atoms with van der Waals surface area (Å²) in [6.07, 6.45) is -2.84. The van der Waals surface area contributed by atoms with E-state index in [-0.39, 0.29) is 10.9 Å². The molecule has 0 atom stereocenters. The van der Waals surface area contributed by atoms with Gasteiger partial charge in [-0.05, 0) is 6.07 Å². The molecule has 0 aliphatic carbocycles. The van der Waals surface area contributed by atoms with Gasteiger partial charge in [0.25, 0.3) is 12.0 Å². The van der Waals surface area contributed by atoms with E-state index in [4.69, 9.17) is 9.47 Å². The van der Waals surface area contributed by atoms with Gasteiger partial charge in [0.05, 0.1) is 25.1 Å². The van der Waals surface area contributed by atoms with Crippen LogP contribution in [0.1, 0.15) is 12.2 Å². The fraction of sp³-hybridized carbons (Fsp3) is 0.273. The van der Waals surface area contributed by atoms with E-state index >= 15 is 0 Å². The van der Waals surface area contributed by atoms with Crippen molar-refractivity contribution < 1.29 is 18.3 Å². The first-order valence-corrected chi connectivity index (χ1v) is 5.01. The SMILES string of the molecule is COc1cc2nc(C(F)F)[nH]c(=O)c2cc1OC. The molecule has 0 saturated heterocycles. The molecule has 1 aromatic carbocycles. The highest BCUT2D eigenvalue weighted by Gasteiger charge is 2.15. The number of methoxy groups -OCH3 is 2. The van der Waals surface area contributed by atoms with Crippen LogP contribution in [0.25, 0.3) is 10.9 Å². The van der Waals surface area contributed by atoms with Crippen molar-refractivity contribution in [3.8, 4) is 11.5 Å². The predicted octanol–water partition coefficient (Wildman–Crippen LogP) is 1.88. The van der Waals surface area contributed by atoms with Gasteiger partial charge in [-0.1, -0.05) is 0 Å². The summed E-state index contributed by atoms with van der Waals surface area (Å²) in [5.74, 6) is -0.00914. The zero-order chi connectivity index (χ0) is 13.3. The summed E-state index contributed by atoms with van der Waals surface area (Å²) in [6.45, 7) is 0. The highest BCUT2D eigenvalue weighted by molar-refractivity contribution is 5.81. The number of benzene rings is 1. The van der Waals surface area contributed by atoms with Crippen LogP contribution in [0.5, 0.6) is 11.5 Å². The third-order valence-corrected chi connectivity index (χ3v) is 2.44. The van der Waals surface area contributed by atoms with Crippen molar-refractivity contribution in [1.29, 1.82) is 0 Å². The Labute approximate surface area is 100 Å². The zero-order valence-corrected chi connectivity index (χ0v) is 9.66. The third kappa shape index (κ3) is 1.99. The van der Waals surface area contributed by atoms with Crippen LogP contribution in [0.2, 0.25) is 0 Å². The second-order valence-corrected chi connectivity index (χ2v) is 3.48. The summed E-state index contributed by atoms with van der Waals surface area (Å²) in [6, 6.07) is 2.78. The number of halogens is 2. The van der Waals surface area contributed by atoms with Gasteiger partial charge in [0.15, 0.2) is 17.3 Å². The maximum absolute atomic E-state index is 12.5. The Bertz CT molecular complexity index is 640. The predicted molar refractivity (Wildman–Crippen MR) is 60.4 cm³/mol. The minimum Gasteiger partial charge on any atom is -0.493 e. The smallest absolute Gasteiger partial charge is 0.295 e. The first-order valence-electron chi connectivity index (χ1n) is 5.01. The number of aromatic amines is 1. The van der Waals surface area contributed by atoms with Crippen LogP contribution < -0.4 is 15.0 Å². The second-order valence-electron chi connectivity index (χ2n) is 3.48. The summed E-state index contributed by atoms with van der Waals surface area (Å²) in [5.41, 5.74) is -0.511. The van der Waals surface area contributed by atoms with Crippen LogP contribution in [0.3, 0.4) is 0 Å². The molecule has 18 heavy (non-hydrogen) atoms. The lowest BCUT2D eigenvalue weighted by atomic mass is 10.2. The van der Waals surface area contributed by atoms with Crippen molar-refractivity contribution in [2.75, 3.05) is 14.2 Å². The Morgan fingerprint density at radius 2 is 1.83 bits per heavy atom. The fourth-order valence-electron chi connectivity index (χ4n) is 1.59. The number of nitrogens with one attached hydrogen (secondary N) is 1. The Balaban J connectivity index is 2.76. The summed E-state index contributed by atoms with van der Waals surface area (Å²) in [4.78, 5) is 17.4. The largest absolute Gasteiger partial charge is 0.493 e. The zero-order valence-electron chi connectivity index (χ0n) is 9.66. The quantitative estimate of drug-likeness (QED) is 0.910. The number of rotatable bonds is 3. The van der Waals surface area contributed by atoms with Gasteiger partial charge in [0.1, 0.15) is 0 Å². The first-order chi connectivity index (χ1) is 8.56. The van der Waals surface area contributed by atoms with Crippen molar-refractivity contribution in [3.05, 3.63) is 28.3 Å². The normalized spacial score (nSPS) is 10.9. The van der Waals surface area contributed by atoms with Gasteiger partial charge in [-0.25, -0.2) is 13.8 Å². The standard InChI is InChI=1S/C11H10F2N2O3/c1-17-7-3-5-6(4-8(7)18-2)14-10(9(12)13)15-11(5)16/h3-4,9H,1-2H3,(H,14,15,16). The molecule has 0 aliphatic heterocycles. The molecule has 1 aromatic heterocycles. The molecule has 1 N–H and O–H groups in total. The average molecular weight is 256 g/mol. The van der Waals surface area contributed by atoms with E-state index in [0.717, 1.165) is 0 Å². The monoisotopic (exact) mass is 256 g/mol. The van der Waals surface area contributed by atoms with Crippen molar-refractivity contribution in [1.82, 2.24) is 9.97 Å². The van der Waals surface area contributed by atoms with Crippen LogP contribution in [0.15, 0.2) is 16.9 Å². The molecule has 7 heteroatoms. The van der Waals surface area contributed by atoms with E-state index < -0.39 is 17.8 Å². The molecular formula is C11H10F2N2O3. The Kier molecular flexibility index (Phi) is 3.14. The highest BCUT2D eigenvalue weighted by atomic mass is 19.3. The molecule has 0 fully saturated rings. The molecule has 0 radical (unpaired) electrons. The number of hydrogen-bond acceptors (Lipinski definition) is 4. The van der Waals surface area contributed by atoms with Gasteiger partial charge < -0.3 is 14.5 Å². The van der Waals surface area contributed by atoms with Crippen LogP contribution in [0, 0.1) is 0 Å². The Morgan fingerprint density at radius 3 is 2.39 bits per heavy atom. The summed E-state index contributed by atoms with van der Waals surface area (Å²) in [5, 5.41) is 0.164. The summed E-state index contributed by atoms with van der Waals surface area (Å²) >= 11 is 0. The van der Waals surface area contributed by atoms with Crippen LogP contribution >= 0.6 is 0 Å². The average Bonchev–Trinajstić information content (AvgIpc) is 2.36. The van der Waals surface area contributed by atoms with E-state index in [1.807, 2.05) is 4.98 Å². The molecule has 0 spiro atoms.